The molecule has 3 nitrogen and oxygen atoms in total. The van der Waals surface area contributed by atoms with Crippen molar-refractivity contribution in [3.63, 3.8) is 0 Å². The van der Waals surface area contributed by atoms with Gasteiger partial charge in [-0.05, 0) is 44.4 Å². The molecule has 1 saturated heterocycles. The molecule has 0 radical (unpaired) electrons. The first-order valence-electron chi connectivity index (χ1n) is 6.99. The fourth-order valence-corrected chi connectivity index (χ4v) is 3.26. The molecule has 1 unspecified atom stereocenters. The Kier molecular flexibility index (Phi) is 3.00. The lowest BCUT2D eigenvalue weighted by Crippen LogP contribution is -2.31. The molecule has 1 atom stereocenters. The summed E-state index contributed by atoms with van der Waals surface area (Å²) in [6.07, 6.45) is 9.41. The molecular formula is C14H21N3. The van der Waals surface area contributed by atoms with Crippen molar-refractivity contribution >= 4 is 5.82 Å². The predicted molar refractivity (Wildman–Crippen MR) is 69.4 cm³/mol. The molecule has 0 aromatic carbocycles. The molecule has 0 saturated carbocycles. The first-order chi connectivity index (χ1) is 8.40. The fraction of sp³-hybridized carbons (Fsp3) is 0.714. The Hall–Kier alpha value is -1.12. The average molecular weight is 231 g/mol. The van der Waals surface area contributed by atoms with Gasteiger partial charge in [0, 0.05) is 24.3 Å². The van der Waals surface area contributed by atoms with Crippen molar-refractivity contribution < 1.29 is 0 Å². The normalized spacial score (nSPS) is 23.8. The standard InChI is InChI=1S/C14H21N3/c1-2-11-6-7-12-13(11)14(16-10-15-12)17-8-4-3-5-9-17/h10-11H,2-9H2,1H3. The predicted octanol–water partition coefficient (Wildman–Crippen LogP) is 2.91. The van der Waals surface area contributed by atoms with E-state index in [4.69, 9.17) is 0 Å². The molecule has 1 fully saturated rings. The maximum atomic E-state index is 4.59. The Labute approximate surface area is 103 Å². The third kappa shape index (κ3) is 1.92. The van der Waals surface area contributed by atoms with Crippen molar-refractivity contribution in [3.05, 3.63) is 17.6 Å². The van der Waals surface area contributed by atoms with Gasteiger partial charge in [0.2, 0.25) is 0 Å². The van der Waals surface area contributed by atoms with Crippen LogP contribution < -0.4 is 4.90 Å². The second-order valence-corrected chi connectivity index (χ2v) is 5.25. The summed E-state index contributed by atoms with van der Waals surface area (Å²) in [6.45, 7) is 4.65. The number of aryl methyl sites for hydroxylation is 1. The third-order valence-electron chi connectivity index (χ3n) is 4.23. The first-order valence-corrected chi connectivity index (χ1v) is 6.99. The first kappa shape index (κ1) is 11.0. The summed E-state index contributed by atoms with van der Waals surface area (Å²) in [7, 11) is 0. The molecule has 0 bridgehead atoms. The molecule has 1 aliphatic heterocycles. The summed E-state index contributed by atoms with van der Waals surface area (Å²) in [5, 5.41) is 0. The van der Waals surface area contributed by atoms with Crippen LogP contribution >= 0.6 is 0 Å². The van der Waals surface area contributed by atoms with Crippen molar-refractivity contribution in [1.82, 2.24) is 9.97 Å². The second kappa shape index (κ2) is 4.63. The van der Waals surface area contributed by atoms with Crippen molar-refractivity contribution in [2.45, 2.75) is 51.4 Å². The van der Waals surface area contributed by atoms with E-state index in [-0.39, 0.29) is 0 Å². The number of hydrogen-bond acceptors (Lipinski definition) is 3. The Balaban J connectivity index is 1.96. The van der Waals surface area contributed by atoms with Gasteiger partial charge in [0.05, 0.1) is 0 Å². The molecule has 2 aliphatic rings. The van der Waals surface area contributed by atoms with Crippen LogP contribution in [0.1, 0.15) is 56.2 Å². The molecule has 0 amide bonds. The molecule has 0 spiro atoms. The maximum absolute atomic E-state index is 4.59. The quantitative estimate of drug-likeness (QED) is 0.783. The minimum Gasteiger partial charge on any atom is -0.356 e. The van der Waals surface area contributed by atoms with Crippen LogP contribution in [0, 0.1) is 0 Å². The molecule has 3 heteroatoms. The molecule has 1 aromatic heterocycles. The van der Waals surface area contributed by atoms with Gasteiger partial charge in [0.15, 0.2) is 0 Å². The van der Waals surface area contributed by atoms with E-state index in [0.717, 1.165) is 6.42 Å². The van der Waals surface area contributed by atoms with Gasteiger partial charge in [0.25, 0.3) is 0 Å². The monoisotopic (exact) mass is 231 g/mol. The highest BCUT2D eigenvalue weighted by Crippen LogP contribution is 2.39. The molecule has 3 rings (SSSR count). The lowest BCUT2D eigenvalue weighted by atomic mass is 9.99. The van der Waals surface area contributed by atoms with Gasteiger partial charge in [-0.1, -0.05) is 6.92 Å². The Morgan fingerprint density at radius 3 is 2.82 bits per heavy atom. The highest BCUT2D eigenvalue weighted by Gasteiger charge is 2.28. The third-order valence-corrected chi connectivity index (χ3v) is 4.23. The van der Waals surface area contributed by atoms with E-state index >= 15 is 0 Å². The van der Waals surface area contributed by atoms with Gasteiger partial charge in [0.1, 0.15) is 12.1 Å². The zero-order chi connectivity index (χ0) is 11.7. The zero-order valence-electron chi connectivity index (χ0n) is 10.7. The molecule has 0 N–H and O–H groups in total. The highest BCUT2D eigenvalue weighted by atomic mass is 15.2. The van der Waals surface area contributed by atoms with E-state index in [2.05, 4.69) is 21.8 Å². The molecule has 1 aliphatic carbocycles. The van der Waals surface area contributed by atoms with Crippen LogP contribution in [0.2, 0.25) is 0 Å². The number of hydrogen-bond donors (Lipinski definition) is 0. The number of fused-ring (bicyclic) bond motifs is 1. The van der Waals surface area contributed by atoms with Gasteiger partial charge in [-0.25, -0.2) is 9.97 Å². The molecule has 17 heavy (non-hydrogen) atoms. The van der Waals surface area contributed by atoms with Crippen LogP contribution in [-0.2, 0) is 6.42 Å². The van der Waals surface area contributed by atoms with Gasteiger partial charge < -0.3 is 4.90 Å². The number of rotatable bonds is 2. The largest absolute Gasteiger partial charge is 0.356 e. The van der Waals surface area contributed by atoms with E-state index in [1.807, 2.05) is 0 Å². The Morgan fingerprint density at radius 1 is 1.24 bits per heavy atom. The minimum absolute atomic E-state index is 0.697. The van der Waals surface area contributed by atoms with Crippen LogP contribution in [0.25, 0.3) is 0 Å². The SMILES string of the molecule is CCC1CCc2ncnc(N3CCCCC3)c21. The van der Waals surface area contributed by atoms with E-state index in [9.17, 15) is 0 Å². The minimum atomic E-state index is 0.697. The van der Waals surface area contributed by atoms with Crippen LogP contribution in [0.3, 0.4) is 0 Å². The lowest BCUT2D eigenvalue weighted by molar-refractivity contribution is 0.567. The van der Waals surface area contributed by atoms with Crippen LogP contribution in [0.4, 0.5) is 5.82 Å². The summed E-state index contributed by atoms with van der Waals surface area (Å²) in [5.74, 6) is 1.95. The molecular weight excluding hydrogens is 210 g/mol. The van der Waals surface area contributed by atoms with Gasteiger partial charge in [-0.2, -0.15) is 0 Å². The number of aromatic nitrogens is 2. The Bertz CT molecular complexity index is 396. The molecule has 2 heterocycles. The van der Waals surface area contributed by atoms with E-state index in [1.54, 1.807) is 6.33 Å². The number of nitrogens with zero attached hydrogens (tertiary/aromatic N) is 3. The van der Waals surface area contributed by atoms with Crippen LogP contribution in [-0.4, -0.2) is 23.1 Å². The lowest BCUT2D eigenvalue weighted by Gasteiger charge is -2.30. The second-order valence-electron chi connectivity index (χ2n) is 5.25. The summed E-state index contributed by atoms with van der Waals surface area (Å²) in [6, 6.07) is 0. The number of anilines is 1. The van der Waals surface area contributed by atoms with Gasteiger partial charge in [-0.15, -0.1) is 0 Å². The molecule has 1 aromatic rings. The smallest absolute Gasteiger partial charge is 0.135 e. The van der Waals surface area contributed by atoms with Gasteiger partial charge in [-0.3, -0.25) is 0 Å². The molecule has 92 valence electrons. The fourth-order valence-electron chi connectivity index (χ4n) is 3.26. The van der Waals surface area contributed by atoms with Crippen molar-refractivity contribution in [3.8, 4) is 0 Å². The Morgan fingerprint density at radius 2 is 2.06 bits per heavy atom. The van der Waals surface area contributed by atoms with Crippen LogP contribution in [0.15, 0.2) is 6.33 Å². The topological polar surface area (TPSA) is 29.0 Å². The van der Waals surface area contributed by atoms with Crippen molar-refractivity contribution in [2.75, 3.05) is 18.0 Å². The van der Waals surface area contributed by atoms with E-state index in [1.165, 1.54) is 62.3 Å². The summed E-state index contributed by atoms with van der Waals surface area (Å²) in [4.78, 5) is 11.5. The summed E-state index contributed by atoms with van der Waals surface area (Å²) < 4.78 is 0. The van der Waals surface area contributed by atoms with E-state index in [0.29, 0.717) is 5.92 Å². The highest BCUT2D eigenvalue weighted by molar-refractivity contribution is 5.52. The van der Waals surface area contributed by atoms with E-state index < -0.39 is 0 Å². The summed E-state index contributed by atoms with van der Waals surface area (Å²) >= 11 is 0. The zero-order valence-corrected chi connectivity index (χ0v) is 10.7. The van der Waals surface area contributed by atoms with Crippen LogP contribution in [0.5, 0.6) is 0 Å². The average Bonchev–Trinajstić information content (AvgIpc) is 2.82. The van der Waals surface area contributed by atoms with Crippen molar-refractivity contribution in [1.29, 1.82) is 0 Å². The maximum Gasteiger partial charge on any atom is 0.135 e. The summed E-state index contributed by atoms with van der Waals surface area (Å²) in [5.41, 5.74) is 2.78. The van der Waals surface area contributed by atoms with Gasteiger partial charge >= 0.3 is 0 Å². The van der Waals surface area contributed by atoms with Crippen molar-refractivity contribution in [2.24, 2.45) is 0 Å². The number of piperidine rings is 1.